The molecule has 1 aromatic carbocycles. The van der Waals surface area contributed by atoms with Gasteiger partial charge < -0.3 is 15.1 Å². The summed E-state index contributed by atoms with van der Waals surface area (Å²) in [5, 5.41) is 2.90. The fraction of sp³-hybridized carbons (Fsp3) is 0.300. The van der Waals surface area contributed by atoms with E-state index in [1.165, 1.54) is 12.3 Å². The second-order valence-corrected chi connectivity index (χ2v) is 6.33. The summed E-state index contributed by atoms with van der Waals surface area (Å²) in [5.41, 5.74) is 2.42. The minimum absolute atomic E-state index is 0.228. The van der Waals surface area contributed by atoms with Crippen molar-refractivity contribution in [3.8, 4) is 0 Å². The molecule has 0 spiro atoms. The Morgan fingerprint density at radius 1 is 1.15 bits per heavy atom. The van der Waals surface area contributed by atoms with E-state index in [1.54, 1.807) is 15.9 Å². The zero-order valence-electron chi connectivity index (χ0n) is 15.2. The molecule has 1 aliphatic rings. The standard InChI is InChI=1S/C20H22N4O3/c1-2-15-5-3-4-6-17(15)22-19(26)16-7-8-21-18(13-16)20(27)24-11-9-23(14-25)10-12-24/h3-8,13-14H,2,9-12H2,1H3,(H,22,26). The summed E-state index contributed by atoms with van der Waals surface area (Å²) in [5.74, 6) is -0.512. The van der Waals surface area contributed by atoms with Gasteiger partial charge >= 0.3 is 0 Å². The first kappa shape index (κ1) is 18.6. The molecule has 140 valence electrons. The van der Waals surface area contributed by atoms with Crippen LogP contribution in [-0.4, -0.2) is 59.2 Å². The molecule has 1 fully saturated rings. The Morgan fingerprint density at radius 2 is 1.89 bits per heavy atom. The van der Waals surface area contributed by atoms with Crippen molar-refractivity contribution in [3.05, 3.63) is 59.4 Å². The van der Waals surface area contributed by atoms with E-state index >= 15 is 0 Å². The van der Waals surface area contributed by atoms with Crippen LogP contribution < -0.4 is 5.32 Å². The van der Waals surface area contributed by atoms with Crippen LogP contribution >= 0.6 is 0 Å². The molecule has 0 aliphatic carbocycles. The number of carbonyl (C=O) groups excluding carboxylic acids is 3. The summed E-state index contributed by atoms with van der Waals surface area (Å²) in [4.78, 5) is 43.4. The molecule has 2 heterocycles. The number of hydrogen-bond donors (Lipinski definition) is 1. The highest BCUT2D eigenvalue weighted by molar-refractivity contribution is 6.06. The van der Waals surface area contributed by atoms with Crippen molar-refractivity contribution >= 4 is 23.9 Å². The highest BCUT2D eigenvalue weighted by Gasteiger charge is 2.23. The van der Waals surface area contributed by atoms with E-state index < -0.39 is 0 Å². The van der Waals surface area contributed by atoms with E-state index in [-0.39, 0.29) is 17.5 Å². The molecule has 0 saturated carbocycles. The first-order chi connectivity index (χ1) is 13.1. The summed E-state index contributed by atoms with van der Waals surface area (Å²) >= 11 is 0. The van der Waals surface area contributed by atoms with Crippen LogP contribution in [0.2, 0.25) is 0 Å². The van der Waals surface area contributed by atoms with Crippen LogP contribution in [0.25, 0.3) is 0 Å². The van der Waals surface area contributed by atoms with Gasteiger partial charge in [0.15, 0.2) is 0 Å². The molecule has 1 aromatic heterocycles. The number of para-hydroxylation sites is 1. The molecule has 27 heavy (non-hydrogen) atoms. The molecule has 1 N–H and O–H groups in total. The molecule has 3 rings (SSSR count). The fourth-order valence-electron chi connectivity index (χ4n) is 3.03. The normalized spacial score (nSPS) is 14.0. The molecule has 0 atom stereocenters. The van der Waals surface area contributed by atoms with Crippen molar-refractivity contribution in [1.82, 2.24) is 14.8 Å². The Hall–Kier alpha value is -3.22. The van der Waals surface area contributed by atoms with Crippen LogP contribution in [0.3, 0.4) is 0 Å². The van der Waals surface area contributed by atoms with Crippen LogP contribution in [0.5, 0.6) is 0 Å². The van der Waals surface area contributed by atoms with Gasteiger partial charge in [-0.15, -0.1) is 0 Å². The van der Waals surface area contributed by atoms with Gasteiger partial charge in [-0.25, -0.2) is 0 Å². The van der Waals surface area contributed by atoms with Crippen molar-refractivity contribution in [2.75, 3.05) is 31.5 Å². The number of rotatable bonds is 5. The number of benzene rings is 1. The molecule has 0 bridgehead atoms. The molecule has 7 heteroatoms. The number of carbonyl (C=O) groups is 3. The lowest BCUT2D eigenvalue weighted by atomic mass is 10.1. The largest absolute Gasteiger partial charge is 0.342 e. The van der Waals surface area contributed by atoms with Gasteiger partial charge in [0.25, 0.3) is 11.8 Å². The lowest BCUT2D eigenvalue weighted by Crippen LogP contribution is -2.48. The molecule has 0 radical (unpaired) electrons. The molecule has 0 unspecified atom stereocenters. The Kier molecular flexibility index (Phi) is 5.80. The number of hydrogen-bond acceptors (Lipinski definition) is 4. The predicted octanol–water partition coefficient (Wildman–Crippen LogP) is 1.81. The maximum Gasteiger partial charge on any atom is 0.272 e. The highest BCUT2D eigenvalue weighted by Crippen LogP contribution is 2.17. The molecule has 1 aliphatic heterocycles. The van der Waals surface area contributed by atoms with E-state index in [0.29, 0.717) is 31.7 Å². The Bertz CT molecular complexity index is 845. The minimum Gasteiger partial charge on any atom is -0.342 e. The average Bonchev–Trinajstić information content (AvgIpc) is 2.73. The van der Waals surface area contributed by atoms with E-state index in [1.807, 2.05) is 31.2 Å². The van der Waals surface area contributed by atoms with Crippen LogP contribution in [0.4, 0.5) is 5.69 Å². The Labute approximate surface area is 158 Å². The SMILES string of the molecule is CCc1ccccc1NC(=O)c1ccnc(C(=O)N2CCN(C=O)CC2)c1. The van der Waals surface area contributed by atoms with Gasteiger partial charge in [-0.3, -0.25) is 19.4 Å². The number of amides is 3. The maximum atomic E-state index is 12.7. The predicted molar refractivity (Wildman–Crippen MR) is 102 cm³/mol. The fourth-order valence-corrected chi connectivity index (χ4v) is 3.03. The van der Waals surface area contributed by atoms with Gasteiger partial charge in [0, 0.05) is 43.6 Å². The number of anilines is 1. The van der Waals surface area contributed by atoms with E-state index in [4.69, 9.17) is 0 Å². The third-order valence-electron chi connectivity index (χ3n) is 4.64. The highest BCUT2D eigenvalue weighted by atomic mass is 16.2. The van der Waals surface area contributed by atoms with Crippen molar-refractivity contribution in [1.29, 1.82) is 0 Å². The van der Waals surface area contributed by atoms with Gasteiger partial charge in [0.05, 0.1) is 0 Å². The lowest BCUT2D eigenvalue weighted by Gasteiger charge is -2.32. The molecule has 1 saturated heterocycles. The number of nitrogens with zero attached hydrogens (tertiary/aromatic N) is 3. The first-order valence-corrected chi connectivity index (χ1v) is 8.96. The summed E-state index contributed by atoms with van der Waals surface area (Å²) in [6.45, 7) is 3.95. The molecule has 3 amide bonds. The van der Waals surface area contributed by atoms with E-state index in [2.05, 4.69) is 10.3 Å². The third-order valence-corrected chi connectivity index (χ3v) is 4.64. The number of aromatic nitrogens is 1. The number of nitrogens with one attached hydrogen (secondary N) is 1. The maximum absolute atomic E-state index is 12.7. The van der Waals surface area contributed by atoms with Crippen LogP contribution in [0, 0.1) is 0 Å². The molecule has 2 aromatic rings. The Morgan fingerprint density at radius 3 is 2.59 bits per heavy atom. The summed E-state index contributed by atoms with van der Waals surface area (Å²) < 4.78 is 0. The monoisotopic (exact) mass is 366 g/mol. The zero-order valence-corrected chi connectivity index (χ0v) is 15.2. The van der Waals surface area contributed by atoms with Crippen molar-refractivity contribution in [2.24, 2.45) is 0 Å². The van der Waals surface area contributed by atoms with Gasteiger partial charge in [-0.05, 0) is 30.2 Å². The second-order valence-electron chi connectivity index (χ2n) is 6.33. The summed E-state index contributed by atoms with van der Waals surface area (Å²) in [7, 11) is 0. The zero-order chi connectivity index (χ0) is 19.2. The van der Waals surface area contributed by atoms with E-state index in [9.17, 15) is 14.4 Å². The number of pyridine rings is 1. The van der Waals surface area contributed by atoms with Gasteiger partial charge in [-0.1, -0.05) is 25.1 Å². The third kappa shape index (κ3) is 4.31. The van der Waals surface area contributed by atoms with Gasteiger partial charge in [0.1, 0.15) is 5.69 Å². The summed E-state index contributed by atoms with van der Waals surface area (Å²) in [6, 6.07) is 10.7. The van der Waals surface area contributed by atoms with Crippen LogP contribution in [-0.2, 0) is 11.2 Å². The average molecular weight is 366 g/mol. The topological polar surface area (TPSA) is 82.6 Å². The number of aryl methyl sites for hydroxylation is 1. The molecule has 7 nitrogen and oxygen atoms in total. The van der Waals surface area contributed by atoms with Gasteiger partial charge in [-0.2, -0.15) is 0 Å². The minimum atomic E-state index is -0.280. The van der Waals surface area contributed by atoms with Crippen molar-refractivity contribution < 1.29 is 14.4 Å². The van der Waals surface area contributed by atoms with Crippen molar-refractivity contribution in [2.45, 2.75) is 13.3 Å². The number of piperazine rings is 1. The first-order valence-electron chi connectivity index (χ1n) is 8.96. The van der Waals surface area contributed by atoms with Crippen LogP contribution in [0.15, 0.2) is 42.6 Å². The van der Waals surface area contributed by atoms with Gasteiger partial charge in [0.2, 0.25) is 6.41 Å². The van der Waals surface area contributed by atoms with E-state index in [0.717, 1.165) is 24.1 Å². The van der Waals surface area contributed by atoms with Crippen molar-refractivity contribution in [3.63, 3.8) is 0 Å². The van der Waals surface area contributed by atoms with Crippen LogP contribution in [0.1, 0.15) is 33.3 Å². The Balaban J connectivity index is 1.72. The quantitative estimate of drug-likeness (QED) is 0.818. The second kappa shape index (κ2) is 8.44. The lowest BCUT2D eigenvalue weighted by molar-refractivity contribution is -0.119. The summed E-state index contributed by atoms with van der Waals surface area (Å²) in [6.07, 6.45) is 3.07. The molecular weight excluding hydrogens is 344 g/mol. The molecular formula is C20H22N4O3. The smallest absolute Gasteiger partial charge is 0.272 e.